The summed E-state index contributed by atoms with van der Waals surface area (Å²) < 4.78 is 73.7. The van der Waals surface area contributed by atoms with Crippen LogP contribution in [0.5, 0.6) is 0 Å². The molecule has 0 bridgehead atoms. The maximum atomic E-state index is 14.1. The van der Waals surface area contributed by atoms with Crippen LogP contribution in [0.15, 0.2) is 12.1 Å². The minimum Gasteiger partial charge on any atom is -0.755 e. The van der Waals surface area contributed by atoms with Crippen molar-refractivity contribution in [3.05, 3.63) is 29.3 Å². The molecule has 24 heavy (non-hydrogen) atoms. The van der Waals surface area contributed by atoms with Gasteiger partial charge < -0.3 is 9.66 Å². The molecule has 0 saturated carbocycles. The quantitative estimate of drug-likeness (QED) is 0.645. The number of carboxylic acids is 1. The minimum absolute atomic E-state index is 0.0540. The number of benzene rings is 1. The Morgan fingerprint density at radius 1 is 1.33 bits per heavy atom. The van der Waals surface area contributed by atoms with Gasteiger partial charge in [0, 0.05) is 23.6 Å². The zero-order valence-corrected chi connectivity index (χ0v) is 14.3. The lowest BCUT2D eigenvalue weighted by molar-refractivity contribution is 0.0686. The summed E-state index contributed by atoms with van der Waals surface area (Å²) in [5.74, 6) is -5.12. The Kier molecular flexibility index (Phi) is 7.24. The molecule has 0 heterocycles. The van der Waals surface area contributed by atoms with E-state index in [0.29, 0.717) is 16.8 Å². The van der Waals surface area contributed by atoms with Crippen molar-refractivity contribution in [1.82, 2.24) is 0 Å². The summed E-state index contributed by atoms with van der Waals surface area (Å²) in [5, 5.41) is 8.80. The van der Waals surface area contributed by atoms with E-state index in [1.807, 2.05) is 0 Å². The standard InChI is InChI=1S/C13H17F2NO6S2/c1-2-7-24(21,22)8-3-6-16(23(19)20)10-5-4-9(14)11(12(10)15)13(17)18/h4-5H,2-3,6-8H2,1H3,(H,17,18)(H,19,20)/p-1. The van der Waals surface area contributed by atoms with Gasteiger partial charge in [-0.3, -0.25) is 8.51 Å². The summed E-state index contributed by atoms with van der Waals surface area (Å²) in [4.78, 5) is 10.9. The Labute approximate surface area is 140 Å². The molecule has 0 spiro atoms. The fourth-order valence-electron chi connectivity index (χ4n) is 2.05. The van der Waals surface area contributed by atoms with Crippen molar-refractivity contribution in [1.29, 1.82) is 0 Å². The van der Waals surface area contributed by atoms with Gasteiger partial charge in [0.05, 0.1) is 11.4 Å². The maximum Gasteiger partial charge on any atom is 0.341 e. The summed E-state index contributed by atoms with van der Waals surface area (Å²) in [7, 11) is -3.35. The average molecular weight is 384 g/mol. The van der Waals surface area contributed by atoms with E-state index in [9.17, 15) is 30.8 Å². The fraction of sp³-hybridized carbons (Fsp3) is 0.462. The van der Waals surface area contributed by atoms with Gasteiger partial charge in [0.15, 0.2) is 5.82 Å². The van der Waals surface area contributed by atoms with E-state index in [0.717, 1.165) is 6.07 Å². The number of nitrogens with zero attached hydrogens (tertiary/aromatic N) is 1. The molecular formula is C13H16F2NO6S2-. The number of aromatic carboxylic acids is 1. The zero-order chi connectivity index (χ0) is 18.5. The van der Waals surface area contributed by atoms with E-state index in [1.165, 1.54) is 0 Å². The first-order chi connectivity index (χ1) is 11.1. The number of hydrogen-bond donors (Lipinski definition) is 1. The lowest BCUT2D eigenvalue weighted by Gasteiger charge is -2.27. The van der Waals surface area contributed by atoms with Crippen LogP contribution in [-0.4, -0.2) is 46.3 Å². The highest BCUT2D eigenvalue weighted by Crippen LogP contribution is 2.26. The molecule has 11 heteroatoms. The highest BCUT2D eigenvalue weighted by atomic mass is 32.2. The Hall–Kier alpha value is -1.59. The first-order valence-electron chi connectivity index (χ1n) is 6.89. The van der Waals surface area contributed by atoms with E-state index in [-0.39, 0.29) is 24.5 Å². The molecule has 0 aliphatic heterocycles. The molecule has 1 aromatic rings. The topological polar surface area (TPSA) is 115 Å². The number of halogens is 2. The van der Waals surface area contributed by atoms with Crippen LogP contribution in [-0.2, 0) is 21.1 Å². The first-order valence-corrected chi connectivity index (χ1v) is 9.74. The number of rotatable bonds is 9. The molecule has 0 aliphatic carbocycles. The van der Waals surface area contributed by atoms with Gasteiger partial charge in [0.2, 0.25) is 0 Å². The molecule has 1 aromatic carbocycles. The third-order valence-corrected chi connectivity index (χ3v) is 5.75. The summed E-state index contributed by atoms with van der Waals surface area (Å²) in [6.45, 7) is 1.29. The van der Waals surface area contributed by atoms with Crippen LogP contribution in [0.25, 0.3) is 0 Å². The number of carboxylic acid groups (broad SMARTS) is 1. The van der Waals surface area contributed by atoms with Gasteiger partial charge in [0.25, 0.3) is 0 Å². The van der Waals surface area contributed by atoms with Gasteiger partial charge in [-0.1, -0.05) is 6.92 Å². The molecule has 1 unspecified atom stereocenters. The largest absolute Gasteiger partial charge is 0.755 e. The molecule has 0 radical (unpaired) electrons. The Morgan fingerprint density at radius 3 is 2.46 bits per heavy atom. The predicted octanol–water partition coefficient (Wildman–Crippen LogP) is 1.48. The van der Waals surface area contributed by atoms with Crippen molar-refractivity contribution in [2.45, 2.75) is 19.8 Å². The summed E-state index contributed by atoms with van der Waals surface area (Å²) in [6.07, 6.45) is 0.295. The van der Waals surface area contributed by atoms with Crippen molar-refractivity contribution >= 4 is 32.8 Å². The number of carbonyl (C=O) groups is 1. The molecule has 1 atom stereocenters. The van der Waals surface area contributed by atoms with Crippen LogP contribution in [0.4, 0.5) is 14.5 Å². The van der Waals surface area contributed by atoms with Crippen molar-refractivity contribution in [3.63, 3.8) is 0 Å². The second-order valence-electron chi connectivity index (χ2n) is 4.89. The lowest BCUT2D eigenvalue weighted by Crippen LogP contribution is -2.29. The SMILES string of the molecule is CCCS(=O)(=O)CCCN(c1ccc(F)c(C(=O)O)c1F)S(=O)[O-]. The van der Waals surface area contributed by atoms with Crippen LogP contribution in [0.2, 0.25) is 0 Å². The molecule has 0 aliphatic rings. The number of hydrogen-bond acceptors (Lipinski definition) is 5. The van der Waals surface area contributed by atoms with E-state index < -0.39 is 50.0 Å². The van der Waals surface area contributed by atoms with E-state index in [4.69, 9.17) is 5.11 Å². The highest BCUT2D eigenvalue weighted by molar-refractivity contribution is 7.91. The van der Waals surface area contributed by atoms with E-state index in [2.05, 4.69) is 0 Å². The van der Waals surface area contributed by atoms with Gasteiger partial charge in [-0.15, -0.1) is 0 Å². The monoisotopic (exact) mass is 384 g/mol. The van der Waals surface area contributed by atoms with Gasteiger partial charge in [-0.25, -0.2) is 22.0 Å². The normalized spacial score (nSPS) is 12.8. The van der Waals surface area contributed by atoms with Crippen LogP contribution in [0.1, 0.15) is 30.1 Å². The van der Waals surface area contributed by atoms with Crippen LogP contribution >= 0.6 is 0 Å². The highest BCUT2D eigenvalue weighted by Gasteiger charge is 2.23. The summed E-state index contributed by atoms with van der Waals surface area (Å²) in [5.41, 5.74) is -1.93. The summed E-state index contributed by atoms with van der Waals surface area (Å²) in [6, 6.07) is 1.42. The molecule has 1 rings (SSSR count). The molecular weight excluding hydrogens is 368 g/mol. The van der Waals surface area contributed by atoms with E-state index in [1.54, 1.807) is 6.92 Å². The van der Waals surface area contributed by atoms with Gasteiger partial charge >= 0.3 is 5.97 Å². The molecule has 136 valence electrons. The number of anilines is 1. The van der Waals surface area contributed by atoms with Crippen LogP contribution in [0, 0.1) is 11.6 Å². The summed E-state index contributed by atoms with van der Waals surface area (Å²) >= 11 is -2.99. The Morgan fingerprint density at radius 2 is 1.96 bits per heavy atom. The molecule has 0 amide bonds. The minimum atomic E-state index is -3.35. The molecule has 7 nitrogen and oxygen atoms in total. The van der Waals surface area contributed by atoms with Crippen molar-refractivity contribution < 1.29 is 35.9 Å². The molecule has 1 N–H and O–H groups in total. The number of sulfone groups is 1. The zero-order valence-electron chi connectivity index (χ0n) is 12.7. The fourth-order valence-corrected chi connectivity index (χ4v) is 4.02. The Balaban J connectivity index is 3.04. The second kappa shape index (κ2) is 8.49. The van der Waals surface area contributed by atoms with Gasteiger partial charge in [0.1, 0.15) is 21.2 Å². The van der Waals surface area contributed by atoms with Gasteiger partial charge in [-0.2, -0.15) is 0 Å². The third-order valence-electron chi connectivity index (χ3n) is 3.06. The lowest BCUT2D eigenvalue weighted by atomic mass is 10.1. The van der Waals surface area contributed by atoms with Gasteiger partial charge in [-0.05, 0) is 25.0 Å². The smallest absolute Gasteiger partial charge is 0.341 e. The second-order valence-corrected chi connectivity index (χ2v) is 8.06. The van der Waals surface area contributed by atoms with Crippen LogP contribution < -0.4 is 4.31 Å². The maximum absolute atomic E-state index is 14.1. The third kappa shape index (κ3) is 5.21. The molecule has 0 fully saturated rings. The molecule has 0 aromatic heterocycles. The van der Waals surface area contributed by atoms with Crippen molar-refractivity contribution in [2.24, 2.45) is 0 Å². The molecule has 0 saturated heterocycles. The predicted molar refractivity (Wildman–Crippen MR) is 83.1 cm³/mol. The average Bonchev–Trinajstić information content (AvgIpc) is 2.44. The van der Waals surface area contributed by atoms with Crippen molar-refractivity contribution in [3.8, 4) is 0 Å². The van der Waals surface area contributed by atoms with Crippen molar-refractivity contribution in [2.75, 3.05) is 22.4 Å². The first kappa shape index (κ1) is 20.5. The van der Waals surface area contributed by atoms with E-state index >= 15 is 0 Å². The van der Waals surface area contributed by atoms with Crippen LogP contribution in [0.3, 0.4) is 0 Å². The Bertz CT molecular complexity index is 738.